The maximum absolute atomic E-state index is 4.38. The Morgan fingerprint density at radius 1 is 1.29 bits per heavy atom. The fourth-order valence-corrected chi connectivity index (χ4v) is 4.41. The highest BCUT2D eigenvalue weighted by Crippen LogP contribution is 2.32. The first-order valence-corrected chi connectivity index (χ1v) is 8.89. The Hall–Kier alpha value is -1.26. The highest BCUT2D eigenvalue weighted by atomic mass is 32.2. The molecule has 2 unspecified atom stereocenters. The molecule has 0 radical (unpaired) electrons. The number of hydrogen-bond acceptors (Lipinski definition) is 3. The third-order valence-electron chi connectivity index (χ3n) is 4.45. The van der Waals surface area contributed by atoms with E-state index in [1.807, 2.05) is 34.9 Å². The molecule has 0 N–H and O–H groups in total. The van der Waals surface area contributed by atoms with E-state index in [1.165, 1.54) is 30.5 Å². The zero-order valence-corrected chi connectivity index (χ0v) is 13.6. The number of rotatable bonds is 5. The van der Waals surface area contributed by atoms with Gasteiger partial charge in [0, 0.05) is 30.2 Å². The van der Waals surface area contributed by atoms with Crippen molar-refractivity contribution in [2.24, 2.45) is 0 Å². The summed E-state index contributed by atoms with van der Waals surface area (Å²) in [6.07, 6.45) is 10.1. The van der Waals surface area contributed by atoms with E-state index < -0.39 is 0 Å². The summed E-state index contributed by atoms with van der Waals surface area (Å²) in [4.78, 5) is 2.52. The van der Waals surface area contributed by atoms with Crippen LogP contribution in [0.2, 0.25) is 0 Å². The Balaban J connectivity index is 1.79. The van der Waals surface area contributed by atoms with Gasteiger partial charge in [-0.15, -0.1) is 0 Å². The monoisotopic (exact) mass is 301 g/mol. The molecule has 1 aliphatic carbocycles. The minimum atomic E-state index is 0.700. The highest BCUT2D eigenvalue weighted by Gasteiger charge is 2.29. The van der Waals surface area contributed by atoms with Crippen LogP contribution in [-0.4, -0.2) is 39.3 Å². The van der Waals surface area contributed by atoms with E-state index in [2.05, 4.69) is 47.6 Å². The number of nitrogens with zero attached hydrogens (tertiary/aromatic N) is 3. The van der Waals surface area contributed by atoms with Crippen LogP contribution in [0.5, 0.6) is 0 Å². The highest BCUT2D eigenvalue weighted by molar-refractivity contribution is 7.99. The van der Waals surface area contributed by atoms with Crippen LogP contribution < -0.4 is 0 Å². The van der Waals surface area contributed by atoms with Gasteiger partial charge in [-0.25, -0.2) is 4.68 Å². The van der Waals surface area contributed by atoms with Gasteiger partial charge in [-0.3, -0.25) is 4.90 Å². The molecule has 2 atom stereocenters. The van der Waals surface area contributed by atoms with Gasteiger partial charge in [-0.2, -0.15) is 16.9 Å². The predicted octanol–water partition coefficient (Wildman–Crippen LogP) is 3.59. The largest absolute Gasteiger partial charge is 0.298 e. The topological polar surface area (TPSA) is 21.1 Å². The molecule has 0 aliphatic heterocycles. The van der Waals surface area contributed by atoms with Crippen LogP contribution in [-0.2, 0) is 6.54 Å². The molecule has 0 spiro atoms. The maximum atomic E-state index is 4.38. The molecule has 1 fully saturated rings. The lowest BCUT2D eigenvalue weighted by molar-refractivity contribution is 0.241. The number of para-hydroxylation sites is 1. The first-order valence-electron chi connectivity index (χ1n) is 7.60. The molecule has 1 heterocycles. The van der Waals surface area contributed by atoms with Crippen molar-refractivity contribution >= 4 is 11.8 Å². The van der Waals surface area contributed by atoms with Gasteiger partial charge in [-0.05, 0) is 43.8 Å². The van der Waals surface area contributed by atoms with Gasteiger partial charge >= 0.3 is 0 Å². The molecule has 0 amide bonds. The lowest BCUT2D eigenvalue weighted by atomic mass is 10.1. The second-order valence-electron chi connectivity index (χ2n) is 5.77. The number of benzene rings is 1. The van der Waals surface area contributed by atoms with Gasteiger partial charge in [0.25, 0.3) is 0 Å². The summed E-state index contributed by atoms with van der Waals surface area (Å²) >= 11 is 2.02. The fraction of sp³-hybridized carbons (Fsp3) is 0.471. The molecule has 1 aromatic carbocycles. The molecular weight excluding hydrogens is 278 g/mol. The van der Waals surface area contributed by atoms with Crippen molar-refractivity contribution < 1.29 is 0 Å². The smallest absolute Gasteiger partial charge is 0.0690 e. The third kappa shape index (κ3) is 3.16. The van der Waals surface area contributed by atoms with E-state index in [9.17, 15) is 0 Å². The van der Waals surface area contributed by atoms with Crippen LogP contribution in [0.3, 0.4) is 0 Å². The SMILES string of the molecule is CSC1CCCC1N(C)Cc1ccccc1-n1cccn1. The number of hydrogen-bond donors (Lipinski definition) is 0. The zero-order valence-electron chi connectivity index (χ0n) is 12.8. The van der Waals surface area contributed by atoms with E-state index in [1.54, 1.807) is 0 Å². The van der Waals surface area contributed by atoms with E-state index in [4.69, 9.17) is 0 Å². The third-order valence-corrected chi connectivity index (χ3v) is 5.60. The molecular formula is C17H23N3S. The Morgan fingerprint density at radius 2 is 2.14 bits per heavy atom. The second kappa shape index (κ2) is 6.67. The molecule has 3 nitrogen and oxygen atoms in total. The van der Waals surface area contributed by atoms with Gasteiger partial charge < -0.3 is 0 Å². The average molecular weight is 301 g/mol. The fourth-order valence-electron chi connectivity index (χ4n) is 3.35. The standard InChI is InChI=1S/C17H23N3S/c1-19(16-9-5-10-17(16)21-2)13-14-7-3-4-8-15(14)20-12-6-11-18-20/h3-4,6-8,11-12,16-17H,5,9-10,13H2,1-2H3. The molecule has 0 saturated heterocycles. The number of thioether (sulfide) groups is 1. The van der Waals surface area contributed by atoms with E-state index in [0.29, 0.717) is 6.04 Å². The van der Waals surface area contributed by atoms with Crippen molar-refractivity contribution in [1.82, 2.24) is 14.7 Å². The summed E-state index contributed by atoms with van der Waals surface area (Å²) in [5.41, 5.74) is 2.53. The molecule has 1 aromatic heterocycles. The summed E-state index contributed by atoms with van der Waals surface area (Å²) in [6, 6.07) is 11.2. The predicted molar refractivity (Wildman–Crippen MR) is 90.0 cm³/mol. The average Bonchev–Trinajstić information content (AvgIpc) is 3.19. The van der Waals surface area contributed by atoms with Crippen molar-refractivity contribution in [2.75, 3.05) is 13.3 Å². The molecule has 1 aliphatic rings. The molecule has 0 bridgehead atoms. The Kier molecular flexibility index (Phi) is 4.66. The van der Waals surface area contributed by atoms with Gasteiger partial charge in [0.2, 0.25) is 0 Å². The number of aromatic nitrogens is 2. The maximum Gasteiger partial charge on any atom is 0.0690 e. The van der Waals surface area contributed by atoms with Gasteiger partial charge in [-0.1, -0.05) is 24.6 Å². The quantitative estimate of drug-likeness (QED) is 0.842. The van der Waals surface area contributed by atoms with Crippen LogP contribution >= 0.6 is 11.8 Å². The van der Waals surface area contributed by atoms with Crippen molar-refractivity contribution in [3.63, 3.8) is 0 Å². The molecule has 2 aromatic rings. The van der Waals surface area contributed by atoms with Gasteiger partial charge in [0.05, 0.1) is 5.69 Å². The molecule has 4 heteroatoms. The molecule has 21 heavy (non-hydrogen) atoms. The summed E-state index contributed by atoms with van der Waals surface area (Å²) < 4.78 is 1.96. The van der Waals surface area contributed by atoms with E-state index in [0.717, 1.165) is 11.8 Å². The van der Waals surface area contributed by atoms with Crippen LogP contribution in [0, 0.1) is 0 Å². The Bertz CT molecular complexity index is 567. The first-order chi connectivity index (χ1) is 10.3. The Morgan fingerprint density at radius 3 is 2.90 bits per heavy atom. The Labute approximate surface area is 131 Å². The van der Waals surface area contributed by atoms with Crippen LogP contribution in [0.25, 0.3) is 5.69 Å². The van der Waals surface area contributed by atoms with Crippen molar-refractivity contribution in [3.8, 4) is 5.69 Å². The molecule has 3 rings (SSSR count). The lowest BCUT2D eigenvalue weighted by Gasteiger charge is -2.29. The van der Waals surface area contributed by atoms with Crippen molar-refractivity contribution in [2.45, 2.75) is 37.1 Å². The van der Waals surface area contributed by atoms with Gasteiger partial charge in [0.1, 0.15) is 0 Å². The normalized spacial score (nSPS) is 22.0. The minimum absolute atomic E-state index is 0.700. The van der Waals surface area contributed by atoms with Crippen molar-refractivity contribution in [1.29, 1.82) is 0 Å². The van der Waals surface area contributed by atoms with Crippen molar-refractivity contribution in [3.05, 3.63) is 48.3 Å². The zero-order chi connectivity index (χ0) is 14.7. The molecule has 1 saturated carbocycles. The van der Waals surface area contributed by atoms with E-state index >= 15 is 0 Å². The van der Waals surface area contributed by atoms with E-state index in [-0.39, 0.29) is 0 Å². The first kappa shape index (κ1) is 14.7. The second-order valence-corrected chi connectivity index (χ2v) is 6.84. The summed E-state index contributed by atoms with van der Waals surface area (Å²) in [6.45, 7) is 0.984. The molecule has 112 valence electrons. The minimum Gasteiger partial charge on any atom is -0.298 e. The summed E-state index contributed by atoms with van der Waals surface area (Å²) in [5, 5.41) is 5.16. The lowest BCUT2D eigenvalue weighted by Crippen LogP contribution is -2.35. The van der Waals surface area contributed by atoms with Crippen LogP contribution in [0.4, 0.5) is 0 Å². The van der Waals surface area contributed by atoms with Crippen LogP contribution in [0.15, 0.2) is 42.7 Å². The summed E-state index contributed by atoms with van der Waals surface area (Å²) in [5.74, 6) is 0. The van der Waals surface area contributed by atoms with Gasteiger partial charge in [0.15, 0.2) is 0 Å². The van der Waals surface area contributed by atoms with Crippen LogP contribution in [0.1, 0.15) is 24.8 Å². The summed E-state index contributed by atoms with van der Waals surface area (Å²) in [7, 11) is 2.26.